The van der Waals surface area contributed by atoms with Crippen molar-refractivity contribution in [1.29, 1.82) is 0 Å². The van der Waals surface area contributed by atoms with Gasteiger partial charge in [0, 0.05) is 6.54 Å². The molecule has 1 heterocycles. The zero-order chi connectivity index (χ0) is 13.7. The van der Waals surface area contributed by atoms with Crippen LogP contribution in [0.4, 0.5) is 5.82 Å². The summed E-state index contributed by atoms with van der Waals surface area (Å²) in [7, 11) is 0. The fourth-order valence-electron chi connectivity index (χ4n) is 1.87. The van der Waals surface area contributed by atoms with Crippen molar-refractivity contribution < 1.29 is 9.90 Å². The van der Waals surface area contributed by atoms with Gasteiger partial charge in [0.15, 0.2) is 0 Å². The molecule has 0 aliphatic heterocycles. The Kier molecular flexibility index (Phi) is 4.13. The first kappa shape index (κ1) is 13.1. The first-order valence-electron chi connectivity index (χ1n) is 6.15. The second-order valence-electron chi connectivity index (χ2n) is 4.30. The molecule has 0 radical (unpaired) electrons. The first-order chi connectivity index (χ1) is 9.16. The van der Waals surface area contributed by atoms with Gasteiger partial charge in [0.1, 0.15) is 5.82 Å². The van der Waals surface area contributed by atoms with E-state index in [1.807, 2.05) is 18.2 Å². The van der Waals surface area contributed by atoms with Gasteiger partial charge in [-0.2, -0.15) is 0 Å². The standard InChI is InChI=1S/C15H16N2O2/c1-11-13(15(18)19)7-8-14(17-11)16-10-9-12-5-3-2-4-6-12/h2-8H,9-10H2,1H3,(H,16,17)(H,18,19). The average molecular weight is 256 g/mol. The molecule has 4 nitrogen and oxygen atoms in total. The van der Waals surface area contributed by atoms with Crippen LogP contribution in [0, 0.1) is 6.92 Å². The topological polar surface area (TPSA) is 62.2 Å². The highest BCUT2D eigenvalue weighted by atomic mass is 16.4. The van der Waals surface area contributed by atoms with E-state index >= 15 is 0 Å². The SMILES string of the molecule is Cc1nc(NCCc2ccccc2)ccc1C(=O)O. The van der Waals surface area contributed by atoms with Gasteiger partial charge >= 0.3 is 5.97 Å². The lowest BCUT2D eigenvalue weighted by Gasteiger charge is -2.07. The van der Waals surface area contributed by atoms with Crippen LogP contribution >= 0.6 is 0 Å². The van der Waals surface area contributed by atoms with E-state index in [2.05, 4.69) is 22.4 Å². The third kappa shape index (κ3) is 3.55. The highest BCUT2D eigenvalue weighted by molar-refractivity contribution is 5.89. The van der Waals surface area contributed by atoms with E-state index in [9.17, 15) is 4.79 Å². The first-order valence-corrected chi connectivity index (χ1v) is 6.15. The molecule has 1 aromatic carbocycles. The van der Waals surface area contributed by atoms with E-state index in [4.69, 9.17) is 5.11 Å². The van der Waals surface area contributed by atoms with Crippen molar-refractivity contribution >= 4 is 11.8 Å². The zero-order valence-corrected chi connectivity index (χ0v) is 10.8. The molecule has 1 aromatic heterocycles. The Balaban J connectivity index is 1.93. The molecule has 2 N–H and O–H groups in total. The maximum Gasteiger partial charge on any atom is 0.337 e. The largest absolute Gasteiger partial charge is 0.478 e. The molecule has 0 spiro atoms. The summed E-state index contributed by atoms with van der Waals surface area (Å²) in [5.41, 5.74) is 2.03. The number of benzene rings is 1. The molecule has 0 amide bonds. The third-order valence-electron chi connectivity index (χ3n) is 2.88. The Morgan fingerprint density at radius 2 is 1.95 bits per heavy atom. The monoisotopic (exact) mass is 256 g/mol. The van der Waals surface area contributed by atoms with Crippen molar-refractivity contribution in [3.63, 3.8) is 0 Å². The van der Waals surface area contributed by atoms with E-state index < -0.39 is 5.97 Å². The Morgan fingerprint density at radius 3 is 2.58 bits per heavy atom. The number of carboxylic acid groups (broad SMARTS) is 1. The molecule has 98 valence electrons. The van der Waals surface area contributed by atoms with Gasteiger partial charge in [0.25, 0.3) is 0 Å². The van der Waals surface area contributed by atoms with E-state index in [0.717, 1.165) is 13.0 Å². The van der Waals surface area contributed by atoms with Crippen LogP contribution in [0.5, 0.6) is 0 Å². The van der Waals surface area contributed by atoms with Crippen molar-refractivity contribution in [2.45, 2.75) is 13.3 Å². The normalized spacial score (nSPS) is 10.2. The van der Waals surface area contributed by atoms with Crippen molar-refractivity contribution in [1.82, 2.24) is 4.98 Å². The summed E-state index contributed by atoms with van der Waals surface area (Å²) in [6, 6.07) is 13.4. The van der Waals surface area contributed by atoms with Gasteiger partial charge < -0.3 is 10.4 Å². The van der Waals surface area contributed by atoms with Crippen LogP contribution in [0.3, 0.4) is 0 Å². The van der Waals surface area contributed by atoms with Crippen molar-refractivity contribution in [3.8, 4) is 0 Å². The van der Waals surface area contributed by atoms with Gasteiger partial charge in [-0.05, 0) is 31.0 Å². The number of hydrogen-bond acceptors (Lipinski definition) is 3. The molecule has 0 atom stereocenters. The summed E-state index contributed by atoms with van der Waals surface area (Å²) in [4.78, 5) is 15.1. The number of nitrogens with one attached hydrogen (secondary N) is 1. The van der Waals surface area contributed by atoms with Crippen LogP contribution in [-0.2, 0) is 6.42 Å². The second kappa shape index (κ2) is 6.00. The lowest BCUT2D eigenvalue weighted by atomic mass is 10.1. The Morgan fingerprint density at radius 1 is 1.21 bits per heavy atom. The number of anilines is 1. The van der Waals surface area contributed by atoms with Gasteiger partial charge in [-0.15, -0.1) is 0 Å². The van der Waals surface area contributed by atoms with Crippen molar-refractivity contribution in [2.24, 2.45) is 0 Å². The highest BCUT2D eigenvalue weighted by Crippen LogP contribution is 2.10. The predicted octanol–water partition coefficient (Wildman–Crippen LogP) is 2.74. The molecule has 0 unspecified atom stereocenters. The molecule has 0 aliphatic rings. The van der Waals surface area contributed by atoms with Crippen LogP contribution < -0.4 is 5.32 Å². The van der Waals surface area contributed by atoms with E-state index in [0.29, 0.717) is 11.5 Å². The lowest BCUT2D eigenvalue weighted by molar-refractivity contribution is 0.0695. The van der Waals surface area contributed by atoms with Crippen LogP contribution in [0.15, 0.2) is 42.5 Å². The molecular formula is C15H16N2O2. The van der Waals surface area contributed by atoms with E-state index in [1.54, 1.807) is 19.1 Å². The minimum Gasteiger partial charge on any atom is -0.478 e. The number of aromatic nitrogens is 1. The summed E-state index contributed by atoms with van der Waals surface area (Å²) in [6.07, 6.45) is 0.905. The minimum atomic E-state index is -0.944. The summed E-state index contributed by atoms with van der Waals surface area (Å²) in [5, 5.41) is 12.1. The maximum atomic E-state index is 10.9. The van der Waals surface area contributed by atoms with Crippen LogP contribution in [0.2, 0.25) is 0 Å². The summed E-state index contributed by atoms with van der Waals surface area (Å²) >= 11 is 0. The number of nitrogens with zero attached hydrogens (tertiary/aromatic N) is 1. The van der Waals surface area contributed by atoms with E-state index in [-0.39, 0.29) is 5.56 Å². The third-order valence-corrected chi connectivity index (χ3v) is 2.88. The number of carboxylic acids is 1. The average Bonchev–Trinajstić information content (AvgIpc) is 2.39. The Labute approximate surface area is 112 Å². The molecule has 2 rings (SSSR count). The molecule has 0 bridgehead atoms. The fraction of sp³-hybridized carbons (Fsp3) is 0.200. The number of aromatic carboxylic acids is 1. The van der Waals surface area contributed by atoms with Crippen molar-refractivity contribution in [3.05, 3.63) is 59.3 Å². The smallest absolute Gasteiger partial charge is 0.337 e. The second-order valence-corrected chi connectivity index (χ2v) is 4.30. The van der Waals surface area contributed by atoms with Gasteiger partial charge in [-0.1, -0.05) is 30.3 Å². The minimum absolute atomic E-state index is 0.244. The van der Waals surface area contributed by atoms with E-state index in [1.165, 1.54) is 5.56 Å². The maximum absolute atomic E-state index is 10.9. The summed E-state index contributed by atoms with van der Waals surface area (Å²) < 4.78 is 0. The molecule has 0 saturated heterocycles. The van der Waals surface area contributed by atoms with Crippen LogP contribution in [0.1, 0.15) is 21.6 Å². The number of hydrogen-bond donors (Lipinski definition) is 2. The van der Waals surface area contributed by atoms with Gasteiger partial charge in [-0.25, -0.2) is 9.78 Å². The number of carbonyl (C=O) groups is 1. The summed E-state index contributed by atoms with van der Waals surface area (Å²) in [5.74, 6) is -0.237. The zero-order valence-electron chi connectivity index (χ0n) is 10.8. The van der Waals surface area contributed by atoms with Crippen LogP contribution in [-0.4, -0.2) is 22.6 Å². The van der Waals surface area contributed by atoms with Crippen LogP contribution in [0.25, 0.3) is 0 Å². The fourth-order valence-corrected chi connectivity index (χ4v) is 1.87. The molecule has 0 saturated carbocycles. The number of rotatable bonds is 5. The van der Waals surface area contributed by atoms with Gasteiger partial charge in [-0.3, -0.25) is 0 Å². The molecule has 2 aromatic rings. The molecule has 0 fully saturated rings. The van der Waals surface area contributed by atoms with Gasteiger partial charge in [0.05, 0.1) is 11.3 Å². The Bertz CT molecular complexity index is 568. The molecule has 4 heteroatoms. The predicted molar refractivity (Wildman–Crippen MR) is 74.6 cm³/mol. The number of pyridine rings is 1. The quantitative estimate of drug-likeness (QED) is 0.863. The Hall–Kier alpha value is -2.36. The van der Waals surface area contributed by atoms with Gasteiger partial charge in [0.2, 0.25) is 0 Å². The number of aryl methyl sites for hydroxylation is 1. The lowest BCUT2D eigenvalue weighted by Crippen LogP contribution is -2.08. The van der Waals surface area contributed by atoms with Crippen molar-refractivity contribution in [2.75, 3.05) is 11.9 Å². The molecule has 19 heavy (non-hydrogen) atoms. The summed E-state index contributed by atoms with van der Waals surface area (Å²) in [6.45, 7) is 2.47. The molecule has 0 aliphatic carbocycles. The highest BCUT2D eigenvalue weighted by Gasteiger charge is 2.08. The molecular weight excluding hydrogens is 240 g/mol.